The molecule has 0 unspecified atom stereocenters. The molecule has 1 aliphatic rings. The molecule has 0 radical (unpaired) electrons. The third-order valence-electron chi connectivity index (χ3n) is 7.16. The minimum Gasteiger partial charge on any atom is -0.399 e. The van der Waals surface area contributed by atoms with Crippen LogP contribution in [0, 0.1) is 5.82 Å². The second kappa shape index (κ2) is 10.5. The standard InChI is InChI=1S/C29H31FN4O2/c30-23-11-9-22(10-12-23)28(35)6-3-17-32-18-15-25(16-19-32)34-27-5-2-1-4-26(27)33(29(34)36)20-21-7-13-24(31)14-8-21/h1-2,4-5,7-14,25H,3,6,15-20,31H2. The Morgan fingerprint density at radius 3 is 2.28 bits per heavy atom. The van der Waals surface area contributed by atoms with Crippen molar-refractivity contribution in [1.82, 2.24) is 14.0 Å². The van der Waals surface area contributed by atoms with Gasteiger partial charge in [-0.1, -0.05) is 24.3 Å². The van der Waals surface area contributed by atoms with Gasteiger partial charge in [-0.25, -0.2) is 9.18 Å². The number of hydrogen-bond acceptors (Lipinski definition) is 4. The number of ketones is 1. The van der Waals surface area contributed by atoms with E-state index in [0.717, 1.165) is 55.5 Å². The van der Waals surface area contributed by atoms with Crippen LogP contribution in [0.3, 0.4) is 0 Å². The first-order valence-corrected chi connectivity index (χ1v) is 12.5. The fourth-order valence-electron chi connectivity index (χ4n) is 5.19. The molecule has 0 aliphatic carbocycles. The average Bonchev–Trinajstić information content (AvgIpc) is 3.17. The zero-order valence-corrected chi connectivity index (χ0v) is 20.3. The molecule has 7 heteroatoms. The van der Waals surface area contributed by atoms with Gasteiger partial charge in [0.15, 0.2) is 5.78 Å². The number of anilines is 1. The number of nitrogen functional groups attached to an aromatic ring is 1. The Hall–Kier alpha value is -3.71. The number of halogens is 1. The lowest BCUT2D eigenvalue weighted by Crippen LogP contribution is -2.38. The Bertz CT molecular complexity index is 1400. The number of hydrogen-bond donors (Lipinski definition) is 1. The summed E-state index contributed by atoms with van der Waals surface area (Å²) < 4.78 is 16.9. The summed E-state index contributed by atoms with van der Waals surface area (Å²) in [5, 5.41) is 0. The molecule has 1 aliphatic heterocycles. The maximum absolute atomic E-state index is 13.6. The number of likely N-dealkylation sites (tertiary alicyclic amines) is 1. The summed E-state index contributed by atoms with van der Waals surface area (Å²) in [5.41, 5.74) is 10.1. The van der Waals surface area contributed by atoms with E-state index in [1.165, 1.54) is 12.1 Å². The van der Waals surface area contributed by atoms with Gasteiger partial charge in [0, 0.05) is 36.8 Å². The smallest absolute Gasteiger partial charge is 0.329 e. The average molecular weight is 487 g/mol. The number of fused-ring (bicyclic) bond motifs is 1. The van der Waals surface area contributed by atoms with Gasteiger partial charge in [0.05, 0.1) is 17.6 Å². The number of imidazole rings is 1. The van der Waals surface area contributed by atoms with Crippen molar-refractivity contribution < 1.29 is 9.18 Å². The monoisotopic (exact) mass is 486 g/mol. The fraction of sp³-hybridized carbons (Fsp3) is 0.310. The maximum atomic E-state index is 13.6. The van der Waals surface area contributed by atoms with Crippen molar-refractivity contribution in [3.8, 4) is 0 Å². The Labute approximate surface area is 209 Å². The molecule has 0 saturated carbocycles. The van der Waals surface area contributed by atoms with Gasteiger partial charge in [-0.3, -0.25) is 13.9 Å². The van der Waals surface area contributed by atoms with Crippen LogP contribution in [0.2, 0.25) is 0 Å². The maximum Gasteiger partial charge on any atom is 0.329 e. The fourth-order valence-corrected chi connectivity index (χ4v) is 5.19. The molecule has 36 heavy (non-hydrogen) atoms. The zero-order valence-electron chi connectivity index (χ0n) is 20.3. The molecule has 5 rings (SSSR count). The highest BCUT2D eigenvalue weighted by molar-refractivity contribution is 5.95. The molecule has 1 saturated heterocycles. The molecule has 1 fully saturated rings. The van der Waals surface area contributed by atoms with Crippen molar-refractivity contribution in [3.05, 3.63) is 100 Å². The van der Waals surface area contributed by atoms with Crippen molar-refractivity contribution in [2.24, 2.45) is 0 Å². The van der Waals surface area contributed by atoms with E-state index in [2.05, 4.69) is 4.90 Å². The first-order valence-electron chi connectivity index (χ1n) is 12.5. The molecule has 2 N–H and O–H groups in total. The lowest BCUT2D eigenvalue weighted by molar-refractivity contribution is 0.0970. The summed E-state index contributed by atoms with van der Waals surface area (Å²) in [5.74, 6) is -0.285. The number of carbonyl (C=O) groups excluding carboxylic acids is 1. The number of Topliss-reactive ketones (excluding diaryl/α,β-unsaturated/α-hetero) is 1. The predicted octanol–water partition coefficient (Wildman–Crippen LogP) is 4.87. The Morgan fingerprint density at radius 2 is 1.58 bits per heavy atom. The van der Waals surface area contributed by atoms with E-state index in [0.29, 0.717) is 24.2 Å². The molecule has 2 heterocycles. The normalized spacial score (nSPS) is 14.9. The zero-order chi connectivity index (χ0) is 25.1. The van der Waals surface area contributed by atoms with Crippen LogP contribution < -0.4 is 11.4 Å². The number of aromatic nitrogens is 2. The molecule has 4 aromatic rings. The Morgan fingerprint density at radius 1 is 0.917 bits per heavy atom. The SMILES string of the molecule is Nc1ccc(Cn2c(=O)n(C3CCN(CCCC(=O)c4ccc(F)cc4)CC3)c3ccccc32)cc1. The summed E-state index contributed by atoms with van der Waals surface area (Å²) in [6.07, 6.45) is 2.99. The van der Waals surface area contributed by atoms with Crippen molar-refractivity contribution in [2.45, 2.75) is 38.3 Å². The van der Waals surface area contributed by atoms with Crippen LogP contribution in [0.4, 0.5) is 10.1 Å². The van der Waals surface area contributed by atoms with Gasteiger partial charge in [-0.05, 0) is 79.9 Å². The molecule has 6 nitrogen and oxygen atoms in total. The summed E-state index contributed by atoms with van der Waals surface area (Å²) >= 11 is 0. The first-order chi connectivity index (χ1) is 17.5. The highest BCUT2D eigenvalue weighted by atomic mass is 19.1. The highest BCUT2D eigenvalue weighted by Gasteiger charge is 2.25. The largest absolute Gasteiger partial charge is 0.399 e. The van der Waals surface area contributed by atoms with Crippen LogP contribution in [0.1, 0.15) is 47.6 Å². The minimum atomic E-state index is -0.332. The van der Waals surface area contributed by atoms with Crippen LogP contribution in [-0.2, 0) is 6.54 Å². The van der Waals surface area contributed by atoms with Crippen LogP contribution in [0.5, 0.6) is 0 Å². The number of benzene rings is 3. The van der Waals surface area contributed by atoms with Gasteiger partial charge in [0.1, 0.15) is 5.82 Å². The van der Waals surface area contributed by atoms with Gasteiger partial charge in [0.2, 0.25) is 0 Å². The highest BCUT2D eigenvalue weighted by Crippen LogP contribution is 2.26. The molecule has 0 atom stereocenters. The van der Waals surface area contributed by atoms with E-state index < -0.39 is 0 Å². The van der Waals surface area contributed by atoms with E-state index in [9.17, 15) is 14.0 Å². The van der Waals surface area contributed by atoms with Gasteiger partial charge in [-0.2, -0.15) is 0 Å². The number of piperidine rings is 1. The molecule has 0 bridgehead atoms. The molecule has 0 amide bonds. The predicted molar refractivity (Wildman–Crippen MR) is 141 cm³/mol. The molecular formula is C29H31FN4O2. The van der Waals surface area contributed by atoms with Crippen LogP contribution in [0.25, 0.3) is 11.0 Å². The van der Waals surface area contributed by atoms with E-state index >= 15 is 0 Å². The minimum absolute atomic E-state index is 0.0244. The van der Waals surface area contributed by atoms with Crippen molar-refractivity contribution in [3.63, 3.8) is 0 Å². The van der Waals surface area contributed by atoms with Crippen LogP contribution in [-0.4, -0.2) is 39.5 Å². The number of nitrogens with two attached hydrogens (primary N) is 1. The number of rotatable bonds is 8. The second-order valence-electron chi connectivity index (χ2n) is 9.58. The second-order valence-corrected chi connectivity index (χ2v) is 9.58. The van der Waals surface area contributed by atoms with Gasteiger partial charge in [-0.15, -0.1) is 0 Å². The van der Waals surface area contributed by atoms with E-state index in [-0.39, 0.29) is 23.3 Å². The summed E-state index contributed by atoms with van der Waals surface area (Å²) in [4.78, 5) is 28.3. The van der Waals surface area contributed by atoms with Crippen molar-refractivity contribution >= 4 is 22.5 Å². The summed E-state index contributed by atoms with van der Waals surface area (Å²) in [6.45, 7) is 3.12. The van der Waals surface area contributed by atoms with Gasteiger partial charge >= 0.3 is 5.69 Å². The van der Waals surface area contributed by atoms with Crippen molar-refractivity contribution in [1.29, 1.82) is 0 Å². The number of carbonyl (C=O) groups is 1. The molecule has 186 valence electrons. The third-order valence-corrected chi connectivity index (χ3v) is 7.16. The topological polar surface area (TPSA) is 73.3 Å². The molecular weight excluding hydrogens is 455 g/mol. The Kier molecular flexibility index (Phi) is 7.00. The van der Waals surface area contributed by atoms with Gasteiger partial charge in [0.25, 0.3) is 0 Å². The van der Waals surface area contributed by atoms with Crippen LogP contribution >= 0.6 is 0 Å². The lowest BCUT2D eigenvalue weighted by Gasteiger charge is -2.32. The molecule has 1 aromatic heterocycles. The quantitative estimate of drug-likeness (QED) is 0.285. The third kappa shape index (κ3) is 5.11. The number of para-hydroxylation sites is 2. The van der Waals surface area contributed by atoms with Crippen molar-refractivity contribution in [2.75, 3.05) is 25.4 Å². The summed E-state index contributed by atoms with van der Waals surface area (Å²) in [7, 11) is 0. The van der Waals surface area contributed by atoms with E-state index in [4.69, 9.17) is 5.73 Å². The Balaban J connectivity index is 1.23. The van der Waals surface area contributed by atoms with Crippen LogP contribution in [0.15, 0.2) is 77.6 Å². The van der Waals surface area contributed by atoms with E-state index in [1.807, 2.05) is 57.7 Å². The first kappa shape index (κ1) is 24.0. The molecule has 0 spiro atoms. The molecule has 3 aromatic carbocycles. The number of nitrogens with zero attached hydrogens (tertiary/aromatic N) is 3. The lowest BCUT2D eigenvalue weighted by atomic mass is 10.0. The van der Waals surface area contributed by atoms with E-state index in [1.54, 1.807) is 12.1 Å². The summed E-state index contributed by atoms with van der Waals surface area (Å²) in [6, 6.07) is 21.6. The van der Waals surface area contributed by atoms with Gasteiger partial charge < -0.3 is 10.6 Å².